The maximum atomic E-state index is 15.7. The van der Waals surface area contributed by atoms with E-state index in [0.717, 1.165) is 25.3 Å². The summed E-state index contributed by atoms with van der Waals surface area (Å²) in [7, 11) is -3.93. The van der Waals surface area contributed by atoms with Gasteiger partial charge in [0, 0.05) is 31.4 Å². The zero-order chi connectivity index (χ0) is 26.4. The number of hydrogen-bond acceptors (Lipinski definition) is 5. The van der Waals surface area contributed by atoms with Crippen LogP contribution in [0.4, 0.5) is 13.2 Å². The van der Waals surface area contributed by atoms with E-state index in [2.05, 4.69) is 4.72 Å². The first kappa shape index (κ1) is 26.2. The highest BCUT2D eigenvalue weighted by molar-refractivity contribution is 7.88. The number of benzene rings is 2. The molecule has 2 aliphatic heterocycles. The molecule has 1 aliphatic carbocycles. The fourth-order valence-corrected chi connectivity index (χ4v) is 6.11. The summed E-state index contributed by atoms with van der Waals surface area (Å²) in [5.74, 6) is -2.86. The van der Waals surface area contributed by atoms with Gasteiger partial charge >= 0.3 is 5.97 Å². The van der Waals surface area contributed by atoms with E-state index in [1.54, 1.807) is 30.3 Å². The Morgan fingerprint density at radius 2 is 1.83 bits per heavy atom. The summed E-state index contributed by atoms with van der Waals surface area (Å²) in [4.78, 5) is 26.0. The largest absolute Gasteiger partial charge is 0.453 e. The molecule has 0 radical (unpaired) electrons. The summed E-state index contributed by atoms with van der Waals surface area (Å²) in [6, 6.07) is 7.09. The molecule has 11 heteroatoms. The minimum atomic E-state index is -3.93. The van der Waals surface area contributed by atoms with Crippen LogP contribution in [0, 0.1) is 11.6 Å². The molecule has 0 aromatic heterocycles. The summed E-state index contributed by atoms with van der Waals surface area (Å²) in [6.45, 7) is 2.49. The van der Waals surface area contributed by atoms with Gasteiger partial charge in [0.05, 0.1) is 18.3 Å². The van der Waals surface area contributed by atoms with Crippen LogP contribution in [-0.2, 0) is 30.8 Å². The minimum Gasteiger partial charge on any atom is -0.453 e. The first-order chi connectivity index (χ1) is 16.8. The Labute approximate surface area is 207 Å². The van der Waals surface area contributed by atoms with Gasteiger partial charge in [-0.3, -0.25) is 9.59 Å². The number of amides is 1. The van der Waals surface area contributed by atoms with Crippen LogP contribution in [0.5, 0.6) is 0 Å². The zero-order valence-electron chi connectivity index (χ0n) is 20.0. The average Bonchev–Trinajstić information content (AvgIpc) is 2.76. The first-order valence-corrected chi connectivity index (χ1v) is 13.4. The van der Waals surface area contributed by atoms with Crippen LogP contribution >= 0.6 is 0 Å². The van der Waals surface area contributed by atoms with Gasteiger partial charge in [0.2, 0.25) is 10.0 Å². The molecule has 1 saturated carbocycles. The van der Waals surface area contributed by atoms with Gasteiger partial charge < -0.3 is 9.64 Å². The van der Waals surface area contributed by atoms with Crippen LogP contribution in [0.25, 0.3) is 11.1 Å². The standard InChI is InChI=1S/C25H27F3N2O5S/c1-14(35-15(2)31)24(32)30-19-12-25(28,13-19)23(29-36(3,33)34)21(30)10-17-9-18(26)11-20(22(17)27)16-7-5-4-6-8-16/h4-9,11,14,19,21,23,29H,10,12-13H2,1-3H3/t14-,19?,21+,23-,25?/m1/s1. The molecule has 5 rings (SSSR count). The first-order valence-electron chi connectivity index (χ1n) is 11.5. The summed E-state index contributed by atoms with van der Waals surface area (Å²) in [6.07, 6.45) is -0.986. The second-order valence-corrected chi connectivity index (χ2v) is 11.3. The van der Waals surface area contributed by atoms with Crippen molar-refractivity contribution in [2.75, 3.05) is 6.26 Å². The van der Waals surface area contributed by atoms with Crippen LogP contribution in [-0.4, -0.2) is 61.3 Å². The average molecular weight is 525 g/mol. The number of carbonyl (C=O) groups is 2. The lowest BCUT2D eigenvalue weighted by molar-refractivity contribution is -0.179. The molecule has 3 fully saturated rings. The second-order valence-electron chi connectivity index (χ2n) is 9.53. The lowest BCUT2D eigenvalue weighted by atomic mass is 9.64. The molecule has 1 amide bonds. The van der Waals surface area contributed by atoms with Gasteiger partial charge in [0.15, 0.2) is 6.10 Å². The molecule has 0 spiro atoms. The highest BCUT2D eigenvalue weighted by Crippen LogP contribution is 2.50. The number of alkyl halides is 1. The Balaban J connectivity index is 1.78. The van der Waals surface area contributed by atoms with Crippen molar-refractivity contribution in [1.82, 2.24) is 9.62 Å². The lowest BCUT2D eigenvalue weighted by Crippen LogP contribution is -2.77. The zero-order valence-corrected chi connectivity index (χ0v) is 20.8. The Hall–Kier alpha value is -2.92. The Bertz CT molecular complexity index is 1280. The van der Waals surface area contributed by atoms with Crippen LogP contribution in [0.15, 0.2) is 42.5 Å². The molecular weight excluding hydrogens is 497 g/mol. The fourth-order valence-electron chi connectivity index (χ4n) is 5.28. The predicted octanol–water partition coefficient (Wildman–Crippen LogP) is 3.13. The van der Waals surface area contributed by atoms with Gasteiger partial charge in [-0.05, 0) is 36.6 Å². The normalized spacial score (nSPS) is 26.2. The second kappa shape index (κ2) is 9.51. The van der Waals surface area contributed by atoms with Gasteiger partial charge in [-0.15, -0.1) is 0 Å². The van der Waals surface area contributed by atoms with Crippen molar-refractivity contribution >= 4 is 21.9 Å². The van der Waals surface area contributed by atoms with E-state index in [1.807, 2.05) is 0 Å². The third-order valence-corrected chi connectivity index (χ3v) is 7.44. The predicted molar refractivity (Wildman–Crippen MR) is 126 cm³/mol. The van der Waals surface area contributed by atoms with Crippen LogP contribution in [0.2, 0.25) is 0 Å². The molecule has 2 aromatic rings. The van der Waals surface area contributed by atoms with E-state index < -0.39 is 63.4 Å². The summed E-state index contributed by atoms with van der Waals surface area (Å²) in [5, 5.41) is 0. The van der Waals surface area contributed by atoms with Crippen molar-refractivity contribution in [3.05, 3.63) is 59.7 Å². The fraction of sp³-hybridized carbons (Fsp3) is 0.440. The van der Waals surface area contributed by atoms with Crippen molar-refractivity contribution < 1.29 is 35.9 Å². The van der Waals surface area contributed by atoms with E-state index in [-0.39, 0.29) is 30.4 Å². The SMILES string of the molecule is CC(=O)O[C@H](C)C(=O)N1C2CC(F)(C2)[C@H](NS(C)(=O)=O)[C@@H]1Cc1cc(F)cc(-c2ccccc2)c1F. The number of carbonyl (C=O) groups excluding carboxylic acids is 2. The number of esters is 1. The molecule has 3 aliphatic rings. The molecular formula is C25H27F3N2O5S. The number of rotatable bonds is 7. The van der Waals surface area contributed by atoms with Gasteiger partial charge in [0.25, 0.3) is 5.91 Å². The molecule has 1 N–H and O–H groups in total. The molecule has 2 bridgehead atoms. The molecule has 2 aromatic carbocycles. The topological polar surface area (TPSA) is 92.8 Å². The maximum absolute atomic E-state index is 15.7. The molecule has 0 unspecified atom stereocenters. The van der Waals surface area contributed by atoms with Gasteiger partial charge in [-0.2, -0.15) is 0 Å². The van der Waals surface area contributed by atoms with E-state index in [4.69, 9.17) is 4.74 Å². The number of nitrogens with one attached hydrogen (secondary N) is 1. The molecule has 36 heavy (non-hydrogen) atoms. The van der Waals surface area contributed by atoms with Crippen molar-refractivity contribution in [2.45, 2.75) is 63.0 Å². The number of fused-ring (bicyclic) bond motifs is 2. The number of piperidine rings is 2. The van der Waals surface area contributed by atoms with E-state index in [0.29, 0.717) is 5.56 Å². The van der Waals surface area contributed by atoms with Crippen LogP contribution in [0.1, 0.15) is 32.3 Å². The Kier molecular flexibility index (Phi) is 6.91. The van der Waals surface area contributed by atoms with Crippen molar-refractivity contribution in [3.63, 3.8) is 0 Å². The molecule has 2 saturated heterocycles. The van der Waals surface area contributed by atoms with Gasteiger partial charge in [-0.1, -0.05) is 30.3 Å². The number of hydrogen-bond donors (Lipinski definition) is 1. The number of sulfonamides is 1. The quantitative estimate of drug-likeness (QED) is 0.562. The highest BCUT2D eigenvalue weighted by atomic mass is 32.2. The molecule has 3 atom stereocenters. The maximum Gasteiger partial charge on any atom is 0.303 e. The highest BCUT2D eigenvalue weighted by Gasteiger charge is 2.63. The summed E-state index contributed by atoms with van der Waals surface area (Å²) in [5.41, 5.74) is -1.69. The van der Waals surface area contributed by atoms with Gasteiger partial charge in [0.1, 0.15) is 17.3 Å². The van der Waals surface area contributed by atoms with E-state index in [1.165, 1.54) is 11.8 Å². The molecule has 2 heterocycles. The number of ether oxygens (including phenoxy) is 1. The Morgan fingerprint density at radius 1 is 1.19 bits per heavy atom. The van der Waals surface area contributed by atoms with Crippen LogP contribution < -0.4 is 4.72 Å². The monoisotopic (exact) mass is 524 g/mol. The number of nitrogens with zero attached hydrogens (tertiary/aromatic N) is 1. The van der Waals surface area contributed by atoms with Crippen molar-refractivity contribution in [2.24, 2.45) is 0 Å². The smallest absolute Gasteiger partial charge is 0.303 e. The van der Waals surface area contributed by atoms with Crippen molar-refractivity contribution in [1.29, 1.82) is 0 Å². The lowest BCUT2D eigenvalue weighted by Gasteiger charge is -2.61. The van der Waals surface area contributed by atoms with Gasteiger partial charge in [-0.25, -0.2) is 26.3 Å². The number of halogens is 3. The third-order valence-electron chi connectivity index (χ3n) is 6.76. The third kappa shape index (κ3) is 5.12. The van der Waals surface area contributed by atoms with Crippen molar-refractivity contribution in [3.8, 4) is 11.1 Å². The van der Waals surface area contributed by atoms with E-state index in [9.17, 15) is 22.4 Å². The summed E-state index contributed by atoms with van der Waals surface area (Å²) >= 11 is 0. The molecule has 194 valence electrons. The minimum absolute atomic E-state index is 0.0136. The summed E-state index contributed by atoms with van der Waals surface area (Å²) < 4.78 is 77.6. The van der Waals surface area contributed by atoms with E-state index >= 15 is 8.78 Å². The molecule has 7 nitrogen and oxygen atoms in total. The Morgan fingerprint density at radius 3 is 2.42 bits per heavy atom. The van der Waals surface area contributed by atoms with Crippen LogP contribution in [0.3, 0.4) is 0 Å².